The lowest BCUT2D eigenvalue weighted by molar-refractivity contribution is -0.148. The average Bonchev–Trinajstić information content (AvgIpc) is 2.83. The third-order valence-corrected chi connectivity index (χ3v) is 3.53. The Kier molecular flexibility index (Phi) is 4.73. The molecule has 2 rings (SSSR count). The number of carbonyl (C=O) groups excluding carboxylic acids is 3. The van der Waals surface area contributed by atoms with Crippen molar-refractivity contribution in [2.75, 3.05) is 7.11 Å². The molecule has 23 heavy (non-hydrogen) atoms. The van der Waals surface area contributed by atoms with Gasteiger partial charge >= 0.3 is 12.1 Å². The lowest BCUT2D eigenvalue weighted by Crippen LogP contribution is -2.47. The Balaban J connectivity index is 2.40. The number of hydrogen-bond acceptors (Lipinski definition) is 5. The van der Waals surface area contributed by atoms with E-state index in [0.29, 0.717) is 0 Å². The van der Waals surface area contributed by atoms with Crippen LogP contribution in [0.5, 0.6) is 0 Å². The predicted molar refractivity (Wildman–Crippen MR) is 82.7 cm³/mol. The number of amides is 1. The molecule has 1 aromatic carbocycles. The highest BCUT2D eigenvalue weighted by atomic mass is 16.6. The summed E-state index contributed by atoms with van der Waals surface area (Å²) in [7, 11) is 1.19. The summed E-state index contributed by atoms with van der Waals surface area (Å²) >= 11 is 0. The number of benzene rings is 1. The number of rotatable bonds is 2. The van der Waals surface area contributed by atoms with Crippen LogP contribution >= 0.6 is 0 Å². The molecule has 1 amide bonds. The van der Waals surface area contributed by atoms with Crippen molar-refractivity contribution in [2.24, 2.45) is 0 Å². The Hall–Kier alpha value is -2.37. The van der Waals surface area contributed by atoms with E-state index in [1.165, 1.54) is 12.0 Å². The summed E-state index contributed by atoms with van der Waals surface area (Å²) in [5.41, 5.74) is 0.0445. The van der Waals surface area contributed by atoms with Gasteiger partial charge in [0.15, 0.2) is 11.8 Å². The monoisotopic (exact) mass is 319 g/mol. The van der Waals surface area contributed by atoms with Gasteiger partial charge in [0.25, 0.3) is 0 Å². The van der Waals surface area contributed by atoms with Crippen LogP contribution in [0.1, 0.15) is 38.8 Å². The quantitative estimate of drug-likeness (QED) is 0.618. The van der Waals surface area contributed by atoms with Gasteiger partial charge in [-0.25, -0.2) is 9.59 Å². The zero-order chi connectivity index (χ0) is 17.2. The second-order valence-corrected chi connectivity index (χ2v) is 6.41. The van der Waals surface area contributed by atoms with Crippen molar-refractivity contribution in [3.05, 3.63) is 35.9 Å². The van der Waals surface area contributed by atoms with Crippen molar-refractivity contribution in [1.29, 1.82) is 0 Å². The number of nitrogens with zero attached hydrogens (tertiary/aromatic N) is 1. The number of esters is 1. The smallest absolute Gasteiger partial charge is 0.411 e. The van der Waals surface area contributed by atoms with E-state index < -0.39 is 29.7 Å². The molecule has 1 aromatic rings. The molecule has 0 saturated carbocycles. The first-order valence-electron chi connectivity index (χ1n) is 7.41. The zero-order valence-electron chi connectivity index (χ0n) is 13.7. The standard InChI is InChI=1S/C17H21NO5/c1-17(2,3)23-16(21)18-12(11-8-6-5-7-9-11)10-13(19)14(18)15(20)22-4/h5-9,12,14H,10H2,1-4H3/t12-,14-/m1/s1. The molecule has 0 aliphatic carbocycles. The molecule has 0 unspecified atom stereocenters. The fourth-order valence-electron chi connectivity index (χ4n) is 2.59. The van der Waals surface area contributed by atoms with Crippen LogP contribution in [-0.2, 0) is 19.1 Å². The second-order valence-electron chi connectivity index (χ2n) is 6.41. The summed E-state index contributed by atoms with van der Waals surface area (Å²) in [5, 5.41) is 0. The topological polar surface area (TPSA) is 72.9 Å². The first kappa shape index (κ1) is 17.0. The number of ketones is 1. The Morgan fingerprint density at radius 2 is 1.78 bits per heavy atom. The minimum absolute atomic E-state index is 0.0586. The predicted octanol–water partition coefficient (Wildman–Crippen LogP) is 2.48. The van der Waals surface area contributed by atoms with Gasteiger partial charge in [-0.2, -0.15) is 0 Å². The van der Waals surface area contributed by atoms with Gasteiger partial charge in [-0.15, -0.1) is 0 Å². The zero-order valence-corrected chi connectivity index (χ0v) is 13.7. The minimum atomic E-state index is -1.26. The van der Waals surface area contributed by atoms with Crippen LogP contribution in [0.3, 0.4) is 0 Å². The molecule has 1 aliphatic rings. The van der Waals surface area contributed by atoms with Gasteiger partial charge in [-0.1, -0.05) is 30.3 Å². The van der Waals surface area contributed by atoms with E-state index >= 15 is 0 Å². The van der Waals surface area contributed by atoms with Crippen molar-refractivity contribution in [3.63, 3.8) is 0 Å². The maximum atomic E-state index is 12.6. The summed E-state index contributed by atoms with van der Waals surface area (Å²) in [6.07, 6.45) is -0.643. The van der Waals surface area contributed by atoms with Gasteiger partial charge in [0.2, 0.25) is 0 Å². The fraction of sp³-hybridized carbons (Fsp3) is 0.471. The molecule has 2 atom stereocenters. The summed E-state index contributed by atoms with van der Waals surface area (Å²) in [4.78, 5) is 38.0. The van der Waals surface area contributed by atoms with Crippen LogP contribution in [0.4, 0.5) is 4.79 Å². The van der Waals surface area contributed by atoms with Crippen LogP contribution in [0.15, 0.2) is 30.3 Å². The van der Waals surface area contributed by atoms with Crippen LogP contribution in [0.25, 0.3) is 0 Å². The fourth-order valence-corrected chi connectivity index (χ4v) is 2.59. The van der Waals surface area contributed by atoms with Crippen molar-refractivity contribution in [2.45, 2.75) is 44.9 Å². The first-order chi connectivity index (χ1) is 10.7. The molecule has 6 heteroatoms. The second kappa shape index (κ2) is 6.40. The van der Waals surface area contributed by atoms with Crippen molar-refractivity contribution in [3.8, 4) is 0 Å². The van der Waals surface area contributed by atoms with Crippen LogP contribution in [-0.4, -0.2) is 41.5 Å². The largest absolute Gasteiger partial charge is 0.467 e. The van der Waals surface area contributed by atoms with Gasteiger partial charge in [-0.05, 0) is 26.3 Å². The Morgan fingerprint density at radius 1 is 1.17 bits per heavy atom. The molecule has 0 bridgehead atoms. The molecular weight excluding hydrogens is 298 g/mol. The van der Waals surface area contributed by atoms with Crippen LogP contribution in [0.2, 0.25) is 0 Å². The van der Waals surface area contributed by atoms with E-state index in [1.807, 2.05) is 30.3 Å². The van der Waals surface area contributed by atoms with E-state index in [2.05, 4.69) is 0 Å². The van der Waals surface area contributed by atoms with E-state index in [4.69, 9.17) is 9.47 Å². The highest BCUT2D eigenvalue weighted by Crippen LogP contribution is 2.35. The van der Waals surface area contributed by atoms with E-state index in [1.54, 1.807) is 20.8 Å². The summed E-state index contributed by atoms with van der Waals surface area (Å²) in [6, 6.07) is 7.31. The average molecular weight is 319 g/mol. The molecule has 0 spiro atoms. The highest BCUT2D eigenvalue weighted by Gasteiger charge is 2.49. The maximum Gasteiger partial charge on any atom is 0.411 e. The number of methoxy groups -OCH3 is 1. The van der Waals surface area contributed by atoms with E-state index in [0.717, 1.165) is 5.56 Å². The maximum absolute atomic E-state index is 12.6. The van der Waals surface area contributed by atoms with Crippen molar-refractivity contribution >= 4 is 17.8 Å². The molecule has 1 aliphatic heterocycles. The molecule has 1 fully saturated rings. The SMILES string of the molecule is COC(=O)[C@H]1C(=O)C[C@H](c2ccccc2)N1C(=O)OC(C)(C)C. The number of ether oxygens (including phenoxy) is 2. The Labute approximate surface area is 135 Å². The van der Waals surface area contributed by atoms with Gasteiger partial charge < -0.3 is 9.47 Å². The summed E-state index contributed by atoms with van der Waals surface area (Å²) < 4.78 is 10.1. The molecule has 6 nitrogen and oxygen atoms in total. The molecule has 0 radical (unpaired) electrons. The van der Waals surface area contributed by atoms with Gasteiger partial charge in [0, 0.05) is 6.42 Å². The van der Waals surface area contributed by atoms with Gasteiger partial charge in [-0.3, -0.25) is 9.69 Å². The summed E-state index contributed by atoms with van der Waals surface area (Å²) in [5.74, 6) is -1.10. The number of hydrogen-bond donors (Lipinski definition) is 0. The lowest BCUT2D eigenvalue weighted by atomic mass is 10.0. The van der Waals surface area contributed by atoms with Crippen LogP contribution < -0.4 is 0 Å². The third kappa shape index (κ3) is 3.70. The van der Waals surface area contributed by atoms with E-state index in [-0.39, 0.29) is 12.2 Å². The van der Waals surface area contributed by atoms with Crippen LogP contribution in [0, 0.1) is 0 Å². The normalized spacial score (nSPS) is 21.2. The molecule has 0 aromatic heterocycles. The molecule has 0 N–H and O–H groups in total. The van der Waals surface area contributed by atoms with Gasteiger partial charge in [0.05, 0.1) is 13.2 Å². The molecule has 1 saturated heterocycles. The first-order valence-corrected chi connectivity index (χ1v) is 7.41. The highest BCUT2D eigenvalue weighted by molar-refractivity contribution is 6.07. The number of likely N-dealkylation sites (tertiary alicyclic amines) is 1. The van der Waals surface area contributed by atoms with Crippen molar-refractivity contribution in [1.82, 2.24) is 4.90 Å². The van der Waals surface area contributed by atoms with Gasteiger partial charge in [0.1, 0.15) is 5.60 Å². The Bertz CT molecular complexity index is 605. The van der Waals surface area contributed by atoms with Crippen molar-refractivity contribution < 1.29 is 23.9 Å². The number of Topliss-reactive ketones (excluding diaryl/α,β-unsaturated/α-hetero) is 1. The minimum Gasteiger partial charge on any atom is -0.467 e. The molecule has 124 valence electrons. The molecular formula is C17H21NO5. The van der Waals surface area contributed by atoms with E-state index in [9.17, 15) is 14.4 Å². The lowest BCUT2D eigenvalue weighted by Gasteiger charge is -2.30. The molecule has 1 heterocycles. The third-order valence-electron chi connectivity index (χ3n) is 3.53. The number of carbonyl (C=O) groups is 3. The Morgan fingerprint density at radius 3 is 2.30 bits per heavy atom. The summed E-state index contributed by atoms with van der Waals surface area (Å²) in [6.45, 7) is 5.19.